The number of phenolic OH excluding ortho intramolecular Hbond substituents is 1. The van der Waals surface area contributed by atoms with Crippen molar-refractivity contribution < 1.29 is 64.5 Å². The van der Waals surface area contributed by atoms with Crippen LogP contribution in [-0.4, -0.2) is 112 Å². The highest BCUT2D eigenvalue weighted by Crippen LogP contribution is 2.10. The summed E-state index contributed by atoms with van der Waals surface area (Å²) in [5.74, 6) is -5.93. The topological polar surface area (TPSA) is 403 Å². The first-order valence-electron chi connectivity index (χ1n) is 13.5. The molecule has 0 aliphatic heterocycles. The number of carbonyl (C=O) groups is 6. The summed E-state index contributed by atoms with van der Waals surface area (Å²) in [5.41, 5.74) is 26.9. The number of carboxylic acid groups (broad SMARTS) is 6. The van der Waals surface area contributed by atoms with Crippen molar-refractivity contribution in [3.05, 3.63) is 48.0 Å². The second-order valence-corrected chi connectivity index (χ2v) is 9.62. The lowest BCUT2D eigenvalue weighted by Crippen LogP contribution is -2.34. The van der Waals surface area contributed by atoms with Gasteiger partial charge < -0.3 is 69.4 Å². The van der Waals surface area contributed by atoms with Crippen LogP contribution in [0.25, 0.3) is 0 Å². The molecule has 266 valence electrons. The number of aromatic nitrogens is 2. The molecule has 0 aliphatic rings. The Morgan fingerprint density at radius 3 is 1.47 bits per heavy atom. The van der Waals surface area contributed by atoms with Crippen LogP contribution in [0.2, 0.25) is 0 Å². The molecule has 20 heteroatoms. The Balaban J connectivity index is -0.000000531. The van der Waals surface area contributed by atoms with Crippen LogP contribution >= 0.6 is 0 Å². The predicted octanol–water partition coefficient (Wildman–Crippen LogP) is -1.94. The van der Waals surface area contributed by atoms with E-state index in [1.54, 1.807) is 32.2 Å². The van der Waals surface area contributed by atoms with Crippen molar-refractivity contribution in [1.29, 1.82) is 0 Å². The molecule has 0 bridgehead atoms. The number of hydrogen-bond donors (Lipinski definition) is 13. The Kier molecular flexibility index (Phi) is 25.7. The molecule has 1 aromatic carbocycles. The maximum Gasteiger partial charge on any atom is 0.320 e. The van der Waals surface area contributed by atoms with Gasteiger partial charge in [0.1, 0.15) is 29.9 Å². The molecule has 0 unspecified atom stereocenters. The number of phenols is 1. The van der Waals surface area contributed by atoms with E-state index in [1.165, 1.54) is 18.5 Å². The number of rotatable bonds is 13. The van der Waals surface area contributed by atoms with Gasteiger partial charge in [0.15, 0.2) is 0 Å². The zero-order valence-electron chi connectivity index (χ0n) is 25.8. The Morgan fingerprint density at radius 2 is 1.17 bits per heavy atom. The number of nitrogens with one attached hydrogen (secondary N) is 1. The lowest BCUT2D eigenvalue weighted by atomic mass is 10.1. The van der Waals surface area contributed by atoms with Crippen LogP contribution in [0.15, 0.2) is 36.8 Å². The smallest absolute Gasteiger partial charge is 0.320 e. The largest absolute Gasteiger partial charge is 0.508 e. The maximum absolute atomic E-state index is 10.4. The summed E-state index contributed by atoms with van der Waals surface area (Å²) in [6.45, 7) is 3.28. The SMILES string of the molecule is CC(C)[C@H](N)C(=O)O.NCC(=O)O.N[C@@H](CCC(=O)O)C(=O)O.N[C@@H](Cc1ccc(O)cc1)C(=O)O.N[C@@H](Cc1cnc[nH]1)C(=O)O. The summed E-state index contributed by atoms with van der Waals surface area (Å²) < 4.78 is 0. The second kappa shape index (κ2) is 26.1. The monoisotopic (exact) mass is 675 g/mol. The van der Waals surface area contributed by atoms with E-state index in [0.717, 1.165) is 11.3 Å². The van der Waals surface area contributed by atoms with Gasteiger partial charge in [-0.05, 0) is 36.5 Å². The molecule has 0 spiro atoms. The minimum Gasteiger partial charge on any atom is -0.508 e. The molecular formula is C27H45N7O13. The molecular weight excluding hydrogens is 630 g/mol. The number of aromatic hydroxyl groups is 1. The molecule has 0 amide bonds. The zero-order chi connectivity index (χ0) is 37.3. The number of imidazole rings is 1. The number of carboxylic acids is 6. The fraction of sp³-hybridized carbons (Fsp3) is 0.444. The van der Waals surface area contributed by atoms with Gasteiger partial charge >= 0.3 is 35.8 Å². The summed E-state index contributed by atoms with van der Waals surface area (Å²) in [7, 11) is 0. The van der Waals surface area contributed by atoms with E-state index < -0.39 is 60.0 Å². The Morgan fingerprint density at radius 1 is 0.723 bits per heavy atom. The number of nitrogens with zero attached hydrogens (tertiary/aromatic N) is 1. The minimum absolute atomic E-state index is 0.0208. The van der Waals surface area contributed by atoms with Crippen LogP contribution in [0.4, 0.5) is 0 Å². The summed E-state index contributed by atoms with van der Waals surface area (Å²) in [6, 6.07) is 2.80. The first-order chi connectivity index (χ1) is 21.7. The first-order valence-corrected chi connectivity index (χ1v) is 13.5. The maximum atomic E-state index is 10.4. The van der Waals surface area contributed by atoms with E-state index >= 15 is 0 Å². The van der Waals surface area contributed by atoms with Gasteiger partial charge in [-0.2, -0.15) is 0 Å². The molecule has 1 aromatic heterocycles. The number of hydrogen-bond acceptors (Lipinski definition) is 13. The molecule has 20 nitrogen and oxygen atoms in total. The lowest BCUT2D eigenvalue weighted by Gasteiger charge is -2.07. The zero-order valence-corrected chi connectivity index (χ0v) is 25.8. The third-order valence-corrected chi connectivity index (χ3v) is 5.19. The van der Waals surface area contributed by atoms with Crippen LogP contribution < -0.4 is 28.7 Å². The van der Waals surface area contributed by atoms with Crippen LogP contribution in [0.3, 0.4) is 0 Å². The second-order valence-electron chi connectivity index (χ2n) is 9.62. The van der Waals surface area contributed by atoms with Gasteiger partial charge in [0.05, 0.1) is 12.9 Å². The summed E-state index contributed by atoms with van der Waals surface area (Å²) in [4.78, 5) is 66.3. The van der Waals surface area contributed by atoms with Gasteiger partial charge in [-0.25, -0.2) is 4.98 Å². The molecule has 0 radical (unpaired) electrons. The third-order valence-electron chi connectivity index (χ3n) is 5.19. The van der Waals surface area contributed by atoms with Crippen LogP contribution in [0.1, 0.15) is 37.9 Å². The molecule has 0 saturated heterocycles. The number of nitrogens with two attached hydrogens (primary N) is 5. The molecule has 47 heavy (non-hydrogen) atoms. The first kappa shape index (κ1) is 46.3. The van der Waals surface area contributed by atoms with Crippen LogP contribution in [-0.2, 0) is 41.6 Å². The standard InChI is InChI=1S/C9H11NO3.C6H9N3O2.C5H9NO4.C5H11NO2.C2H5NO2/c10-8(9(12)13)5-6-1-3-7(11)4-2-6;7-5(6(10)11)1-4-2-8-3-9-4;6-3(5(9)10)1-2-4(7)8;1-3(2)4(6)5(7)8;3-1-2(4)5/h1-4,8,11H,5,10H2,(H,12,13);2-3,5H,1,7H2,(H,8,9)(H,10,11);3H,1-2,6H2,(H,7,8)(H,9,10);3-4H,6H2,1-2H3,(H,7,8);1,3H2,(H,4,5)/t8-;5-;3-;4-;/m0000./s1. The van der Waals surface area contributed by atoms with Gasteiger partial charge in [-0.1, -0.05) is 26.0 Å². The fourth-order valence-electron chi connectivity index (χ4n) is 2.38. The minimum atomic E-state index is -1.17. The van der Waals surface area contributed by atoms with Crippen molar-refractivity contribution in [2.45, 2.75) is 63.7 Å². The molecule has 18 N–H and O–H groups in total. The molecule has 2 rings (SSSR count). The normalized spacial score (nSPS) is 12.3. The quantitative estimate of drug-likeness (QED) is 0.110. The van der Waals surface area contributed by atoms with Crippen molar-refractivity contribution in [3.8, 4) is 5.75 Å². The van der Waals surface area contributed by atoms with E-state index in [2.05, 4.69) is 15.7 Å². The average molecular weight is 676 g/mol. The van der Waals surface area contributed by atoms with Gasteiger partial charge in [0.2, 0.25) is 0 Å². The third kappa shape index (κ3) is 28.1. The molecule has 1 heterocycles. The fourth-order valence-corrected chi connectivity index (χ4v) is 2.38. The van der Waals surface area contributed by atoms with E-state index in [0.29, 0.717) is 0 Å². The number of aromatic amines is 1. The molecule has 0 aliphatic carbocycles. The van der Waals surface area contributed by atoms with Gasteiger partial charge in [0, 0.05) is 24.7 Å². The Hall–Kier alpha value is -5.15. The lowest BCUT2D eigenvalue weighted by molar-refractivity contribution is -0.141. The van der Waals surface area contributed by atoms with Gasteiger partial charge in [0.25, 0.3) is 0 Å². The number of benzene rings is 1. The summed E-state index contributed by atoms with van der Waals surface area (Å²) >= 11 is 0. The van der Waals surface area contributed by atoms with E-state index in [1.807, 2.05) is 0 Å². The highest BCUT2D eigenvalue weighted by Gasteiger charge is 2.15. The molecule has 2 aromatic rings. The predicted molar refractivity (Wildman–Crippen MR) is 165 cm³/mol. The Bertz CT molecular complexity index is 1210. The van der Waals surface area contributed by atoms with E-state index in [9.17, 15) is 28.8 Å². The van der Waals surface area contributed by atoms with Crippen molar-refractivity contribution in [1.82, 2.24) is 9.97 Å². The van der Waals surface area contributed by atoms with Gasteiger partial charge in [-0.15, -0.1) is 0 Å². The highest BCUT2D eigenvalue weighted by molar-refractivity contribution is 5.75. The highest BCUT2D eigenvalue weighted by atomic mass is 16.4. The molecule has 0 saturated carbocycles. The van der Waals surface area contributed by atoms with Crippen molar-refractivity contribution in [2.75, 3.05) is 6.54 Å². The molecule has 0 fully saturated rings. The average Bonchev–Trinajstić information content (AvgIpc) is 3.50. The Labute approximate surface area is 269 Å². The van der Waals surface area contributed by atoms with E-state index in [-0.39, 0.29) is 43.9 Å². The van der Waals surface area contributed by atoms with Crippen LogP contribution in [0.5, 0.6) is 5.75 Å². The number of H-pyrrole nitrogens is 1. The number of aliphatic carboxylic acids is 6. The summed E-state index contributed by atoms with van der Waals surface area (Å²) in [6.07, 6.45) is 3.38. The van der Waals surface area contributed by atoms with Crippen molar-refractivity contribution in [2.24, 2.45) is 34.6 Å². The molecule has 4 atom stereocenters. The van der Waals surface area contributed by atoms with E-state index in [4.69, 9.17) is 58.7 Å². The van der Waals surface area contributed by atoms with Crippen molar-refractivity contribution >= 4 is 35.8 Å². The van der Waals surface area contributed by atoms with Crippen LogP contribution in [0, 0.1) is 5.92 Å². The van der Waals surface area contributed by atoms with Gasteiger partial charge in [-0.3, -0.25) is 28.8 Å². The van der Waals surface area contributed by atoms with Crippen molar-refractivity contribution in [3.63, 3.8) is 0 Å². The summed E-state index contributed by atoms with van der Waals surface area (Å²) in [5, 5.41) is 58.0.